The fourth-order valence-electron chi connectivity index (χ4n) is 1.16. The summed E-state index contributed by atoms with van der Waals surface area (Å²) < 4.78 is 62.2. The van der Waals surface area contributed by atoms with Gasteiger partial charge in [-0.1, -0.05) is 0 Å². The Balaban J connectivity index is 3.02. The molecule has 0 aliphatic rings. The van der Waals surface area contributed by atoms with E-state index in [1.165, 1.54) is 0 Å². The molecule has 1 aromatic carbocycles. The fraction of sp³-hybridized carbons (Fsp3) is 0.333. The van der Waals surface area contributed by atoms with E-state index in [2.05, 4.69) is 0 Å². The predicted octanol–water partition coefficient (Wildman–Crippen LogP) is 2.76. The van der Waals surface area contributed by atoms with E-state index in [1.807, 2.05) is 0 Å². The van der Waals surface area contributed by atoms with Crippen molar-refractivity contribution in [1.82, 2.24) is 0 Å². The molecule has 15 heavy (non-hydrogen) atoms. The fourth-order valence-corrected chi connectivity index (χ4v) is 1.16. The zero-order chi connectivity index (χ0) is 11.6. The van der Waals surface area contributed by atoms with E-state index >= 15 is 0 Å². The Morgan fingerprint density at radius 1 is 1.13 bits per heavy atom. The number of nitrogens with two attached hydrogens (primary N) is 1. The van der Waals surface area contributed by atoms with Crippen LogP contribution in [0.4, 0.5) is 22.0 Å². The number of hydrogen-bond donors (Lipinski definition) is 1. The van der Waals surface area contributed by atoms with Crippen LogP contribution >= 0.6 is 0 Å². The van der Waals surface area contributed by atoms with Crippen molar-refractivity contribution in [2.75, 3.05) is 0 Å². The monoisotopic (exact) mass is 225 g/mol. The molecule has 6 heteroatoms. The maximum Gasteiger partial charge on any atom is 0.240 e. The van der Waals surface area contributed by atoms with E-state index in [9.17, 15) is 22.0 Å². The quantitative estimate of drug-likeness (QED) is 0.621. The van der Waals surface area contributed by atoms with Crippen molar-refractivity contribution < 1.29 is 22.0 Å². The Hall–Kier alpha value is -1.17. The summed E-state index contributed by atoms with van der Waals surface area (Å²) in [5, 5.41) is 0. The van der Waals surface area contributed by atoms with Crippen molar-refractivity contribution in [2.45, 2.75) is 18.9 Å². The third kappa shape index (κ3) is 2.89. The van der Waals surface area contributed by atoms with Gasteiger partial charge in [0.15, 0.2) is 11.6 Å². The molecule has 1 rings (SSSR count). The first-order valence-corrected chi connectivity index (χ1v) is 4.10. The van der Waals surface area contributed by atoms with E-state index in [4.69, 9.17) is 5.73 Å². The summed E-state index contributed by atoms with van der Waals surface area (Å²) in [5.74, 6) is -3.87. The first kappa shape index (κ1) is 11.9. The number of alkyl halides is 2. The lowest BCUT2D eigenvalue weighted by Gasteiger charge is -2.12. The van der Waals surface area contributed by atoms with Crippen LogP contribution in [0, 0.1) is 17.5 Å². The van der Waals surface area contributed by atoms with E-state index in [1.54, 1.807) is 0 Å². The summed E-state index contributed by atoms with van der Waals surface area (Å²) in [7, 11) is 0. The van der Waals surface area contributed by atoms with Crippen molar-refractivity contribution >= 4 is 0 Å². The minimum absolute atomic E-state index is 0.327. The van der Waals surface area contributed by atoms with Gasteiger partial charge in [0, 0.05) is 24.1 Å². The van der Waals surface area contributed by atoms with E-state index < -0.39 is 41.9 Å². The highest BCUT2D eigenvalue weighted by atomic mass is 19.3. The third-order valence-electron chi connectivity index (χ3n) is 1.85. The first-order chi connectivity index (χ1) is 6.91. The van der Waals surface area contributed by atoms with Gasteiger partial charge in [-0.05, 0) is 6.07 Å². The Bertz CT molecular complexity index is 353. The zero-order valence-electron chi connectivity index (χ0n) is 7.48. The molecule has 0 aliphatic heterocycles. The molecule has 84 valence electrons. The van der Waals surface area contributed by atoms with Crippen LogP contribution in [0.3, 0.4) is 0 Å². The topological polar surface area (TPSA) is 26.0 Å². The maximum absolute atomic E-state index is 13.0. The molecule has 0 aliphatic carbocycles. The number of rotatable bonds is 3. The molecule has 0 radical (unpaired) electrons. The smallest absolute Gasteiger partial charge is 0.240 e. The van der Waals surface area contributed by atoms with Crippen molar-refractivity contribution in [1.29, 1.82) is 0 Å². The van der Waals surface area contributed by atoms with Gasteiger partial charge in [0.2, 0.25) is 6.43 Å². The molecule has 0 fully saturated rings. The molecule has 1 atom stereocenters. The molecule has 1 aromatic rings. The van der Waals surface area contributed by atoms with Gasteiger partial charge < -0.3 is 5.73 Å². The second kappa shape index (κ2) is 4.57. The van der Waals surface area contributed by atoms with Crippen LogP contribution < -0.4 is 5.73 Å². The lowest BCUT2D eigenvalue weighted by molar-refractivity contribution is 0.127. The third-order valence-corrected chi connectivity index (χ3v) is 1.85. The van der Waals surface area contributed by atoms with Gasteiger partial charge in [-0.15, -0.1) is 0 Å². The second-order valence-corrected chi connectivity index (χ2v) is 3.02. The number of hydrogen-bond acceptors (Lipinski definition) is 1. The van der Waals surface area contributed by atoms with Crippen LogP contribution in [-0.2, 0) is 0 Å². The zero-order valence-corrected chi connectivity index (χ0v) is 7.48. The summed E-state index contributed by atoms with van der Waals surface area (Å²) in [6, 6.07) is -0.477. The molecule has 0 unspecified atom stereocenters. The van der Waals surface area contributed by atoms with Crippen LogP contribution in [-0.4, -0.2) is 6.43 Å². The van der Waals surface area contributed by atoms with Gasteiger partial charge in [-0.2, -0.15) is 0 Å². The summed E-state index contributed by atoms with van der Waals surface area (Å²) >= 11 is 0. The second-order valence-electron chi connectivity index (χ2n) is 3.02. The average Bonchev–Trinajstić information content (AvgIpc) is 2.09. The van der Waals surface area contributed by atoms with Gasteiger partial charge in [0.25, 0.3) is 0 Å². The highest BCUT2D eigenvalue weighted by molar-refractivity contribution is 5.23. The highest BCUT2D eigenvalue weighted by Gasteiger charge is 2.20. The minimum Gasteiger partial charge on any atom is -0.324 e. The summed E-state index contributed by atoms with van der Waals surface area (Å²) in [4.78, 5) is 0. The lowest BCUT2D eigenvalue weighted by Crippen LogP contribution is -2.16. The number of halogens is 5. The normalized spacial score (nSPS) is 13.3. The first-order valence-electron chi connectivity index (χ1n) is 4.10. The Morgan fingerprint density at radius 2 is 1.73 bits per heavy atom. The summed E-state index contributed by atoms with van der Waals surface area (Å²) in [6.07, 6.45) is -3.61. The molecular formula is C9H8F5N. The Morgan fingerprint density at radius 3 is 2.27 bits per heavy atom. The molecule has 0 spiro atoms. The molecule has 0 heterocycles. The molecular weight excluding hydrogens is 217 g/mol. The maximum atomic E-state index is 13.0. The SMILES string of the molecule is N[C@@H](CC(F)F)c1cc(F)cc(F)c1F. The van der Waals surface area contributed by atoms with Crippen molar-refractivity contribution in [3.63, 3.8) is 0 Å². The van der Waals surface area contributed by atoms with Crippen LogP contribution in [0.25, 0.3) is 0 Å². The standard InChI is InChI=1S/C9H8F5N/c10-4-1-5(7(15)3-8(12)13)9(14)6(11)2-4/h1-2,7-8H,3,15H2/t7-/m0/s1. The molecule has 0 saturated carbocycles. The van der Waals surface area contributed by atoms with Crippen LogP contribution in [0.2, 0.25) is 0 Å². The van der Waals surface area contributed by atoms with Gasteiger partial charge in [-0.3, -0.25) is 0 Å². The van der Waals surface area contributed by atoms with Gasteiger partial charge in [0.1, 0.15) is 5.82 Å². The average molecular weight is 225 g/mol. The summed E-state index contributed by atoms with van der Waals surface area (Å²) in [5.41, 5.74) is 4.61. The summed E-state index contributed by atoms with van der Waals surface area (Å²) in [6.45, 7) is 0. The van der Waals surface area contributed by atoms with Gasteiger partial charge in [-0.25, -0.2) is 22.0 Å². The highest BCUT2D eigenvalue weighted by Crippen LogP contribution is 2.23. The molecule has 1 nitrogen and oxygen atoms in total. The molecule has 0 saturated heterocycles. The van der Waals surface area contributed by atoms with Crippen molar-refractivity contribution in [3.05, 3.63) is 35.1 Å². The molecule has 0 aromatic heterocycles. The molecule has 0 amide bonds. The van der Waals surface area contributed by atoms with Crippen LogP contribution in [0.15, 0.2) is 12.1 Å². The Kier molecular flexibility index (Phi) is 3.62. The van der Waals surface area contributed by atoms with Gasteiger partial charge in [0.05, 0.1) is 0 Å². The van der Waals surface area contributed by atoms with E-state index in [0.29, 0.717) is 12.1 Å². The van der Waals surface area contributed by atoms with Crippen molar-refractivity contribution in [3.8, 4) is 0 Å². The number of benzene rings is 1. The Labute approximate surface area is 82.7 Å². The van der Waals surface area contributed by atoms with Crippen LogP contribution in [0.5, 0.6) is 0 Å². The van der Waals surface area contributed by atoms with Crippen molar-refractivity contribution in [2.24, 2.45) is 5.73 Å². The van der Waals surface area contributed by atoms with Crippen LogP contribution in [0.1, 0.15) is 18.0 Å². The predicted molar refractivity (Wildman–Crippen MR) is 43.9 cm³/mol. The molecule has 2 N–H and O–H groups in total. The lowest BCUT2D eigenvalue weighted by atomic mass is 10.0. The largest absolute Gasteiger partial charge is 0.324 e. The van der Waals surface area contributed by atoms with E-state index in [0.717, 1.165) is 0 Å². The molecule has 0 bridgehead atoms. The van der Waals surface area contributed by atoms with E-state index in [-0.39, 0.29) is 0 Å². The van der Waals surface area contributed by atoms with Gasteiger partial charge >= 0.3 is 0 Å². The minimum atomic E-state index is -2.76.